The molecule has 0 N–H and O–H groups in total. The molecule has 1 amide bonds. The van der Waals surface area contributed by atoms with E-state index in [4.69, 9.17) is 8.94 Å². The van der Waals surface area contributed by atoms with E-state index in [0.717, 1.165) is 44.7 Å². The van der Waals surface area contributed by atoms with E-state index in [-0.39, 0.29) is 5.91 Å². The Hall–Kier alpha value is -3.02. The van der Waals surface area contributed by atoms with Crippen LogP contribution in [0.3, 0.4) is 0 Å². The molecule has 2 aromatic heterocycles. The fraction of sp³-hybridized carbons (Fsp3) is 0.364. The average Bonchev–Trinajstić information content (AvgIpc) is 3.12. The number of carbonyl (C=O) groups is 1. The number of amides is 1. The van der Waals surface area contributed by atoms with E-state index in [0.29, 0.717) is 11.5 Å². The molecule has 0 radical (unpaired) electrons. The van der Waals surface area contributed by atoms with Crippen LogP contribution in [0.1, 0.15) is 24.1 Å². The predicted octanol–water partition coefficient (Wildman–Crippen LogP) is 3.62. The Kier molecular flexibility index (Phi) is 4.00. The first-order valence-electron chi connectivity index (χ1n) is 9.78. The highest BCUT2D eigenvalue weighted by Gasteiger charge is 2.55. The maximum absolute atomic E-state index is 13.3. The van der Waals surface area contributed by atoms with Gasteiger partial charge in [0, 0.05) is 37.9 Å². The van der Waals surface area contributed by atoms with Crippen LogP contribution in [-0.2, 0) is 10.2 Å². The molecule has 6 heteroatoms. The van der Waals surface area contributed by atoms with E-state index in [2.05, 4.69) is 41.2 Å². The van der Waals surface area contributed by atoms with Crippen molar-refractivity contribution in [2.24, 2.45) is 0 Å². The Labute approximate surface area is 163 Å². The van der Waals surface area contributed by atoms with Gasteiger partial charge in [-0.25, -0.2) is 0 Å². The summed E-state index contributed by atoms with van der Waals surface area (Å²) < 4.78 is 10.8. The number of nitrogens with zero attached hydrogens (tertiary/aromatic N) is 3. The monoisotopic (exact) mass is 377 g/mol. The van der Waals surface area contributed by atoms with Gasteiger partial charge in [-0.3, -0.25) is 4.79 Å². The first-order chi connectivity index (χ1) is 13.7. The van der Waals surface area contributed by atoms with Crippen molar-refractivity contribution in [2.45, 2.75) is 25.2 Å². The zero-order valence-electron chi connectivity index (χ0n) is 15.9. The van der Waals surface area contributed by atoms with Crippen molar-refractivity contribution in [3.63, 3.8) is 0 Å². The summed E-state index contributed by atoms with van der Waals surface area (Å²) in [6, 6.07) is 14.0. The molecule has 1 saturated carbocycles. The van der Waals surface area contributed by atoms with Crippen LogP contribution in [0.4, 0.5) is 5.69 Å². The molecule has 5 rings (SSSR count). The van der Waals surface area contributed by atoms with Crippen LogP contribution in [0.5, 0.6) is 0 Å². The van der Waals surface area contributed by atoms with Gasteiger partial charge in [0.25, 0.3) is 0 Å². The Balaban J connectivity index is 1.28. The summed E-state index contributed by atoms with van der Waals surface area (Å²) in [5.74, 6) is 1.38. The maximum Gasteiger partial charge on any atom is 0.235 e. The molecule has 2 fully saturated rings. The van der Waals surface area contributed by atoms with Crippen molar-refractivity contribution in [1.29, 1.82) is 0 Å². The van der Waals surface area contributed by atoms with Gasteiger partial charge in [-0.1, -0.05) is 17.3 Å². The standard InChI is InChI=1S/C22H23N3O3/c1-16-4-2-5-17(14-16)24-9-11-25(12-10-24)21(26)22(7-8-22)20-15-19(28-23-20)18-6-3-13-27-18/h2-6,13-15H,7-12H2,1H3. The molecule has 1 aliphatic heterocycles. The number of carbonyl (C=O) groups excluding carboxylic acids is 1. The highest BCUT2D eigenvalue weighted by molar-refractivity contribution is 5.91. The zero-order chi connectivity index (χ0) is 19.1. The first kappa shape index (κ1) is 17.1. The van der Waals surface area contributed by atoms with Crippen molar-refractivity contribution >= 4 is 11.6 Å². The summed E-state index contributed by atoms with van der Waals surface area (Å²) in [6.07, 6.45) is 3.26. The minimum Gasteiger partial charge on any atom is -0.461 e. The van der Waals surface area contributed by atoms with E-state index in [9.17, 15) is 4.79 Å². The molecule has 6 nitrogen and oxygen atoms in total. The van der Waals surface area contributed by atoms with Crippen molar-refractivity contribution in [3.05, 3.63) is 60.0 Å². The number of hydrogen-bond acceptors (Lipinski definition) is 5. The van der Waals surface area contributed by atoms with Crippen LogP contribution in [0.15, 0.2) is 57.7 Å². The molecule has 3 heterocycles. The van der Waals surface area contributed by atoms with Gasteiger partial charge >= 0.3 is 0 Å². The lowest BCUT2D eigenvalue weighted by molar-refractivity contribution is -0.134. The number of rotatable bonds is 4. The lowest BCUT2D eigenvalue weighted by Gasteiger charge is -2.37. The Bertz CT molecular complexity index is 980. The van der Waals surface area contributed by atoms with Gasteiger partial charge in [-0.05, 0) is 49.6 Å². The summed E-state index contributed by atoms with van der Waals surface area (Å²) in [5.41, 5.74) is 2.70. The van der Waals surface area contributed by atoms with E-state index in [1.165, 1.54) is 11.3 Å². The minimum absolute atomic E-state index is 0.177. The van der Waals surface area contributed by atoms with Crippen molar-refractivity contribution in [2.75, 3.05) is 31.1 Å². The van der Waals surface area contributed by atoms with Gasteiger partial charge in [-0.2, -0.15) is 0 Å². The molecule has 1 aliphatic carbocycles. The molecule has 1 aromatic carbocycles. The summed E-state index contributed by atoms with van der Waals surface area (Å²) in [4.78, 5) is 17.6. The molecular formula is C22H23N3O3. The second-order valence-electron chi connectivity index (χ2n) is 7.75. The van der Waals surface area contributed by atoms with E-state index in [1.54, 1.807) is 6.26 Å². The largest absolute Gasteiger partial charge is 0.461 e. The zero-order valence-corrected chi connectivity index (χ0v) is 15.9. The van der Waals surface area contributed by atoms with Crippen molar-refractivity contribution in [1.82, 2.24) is 10.1 Å². The van der Waals surface area contributed by atoms with E-state index < -0.39 is 5.41 Å². The smallest absolute Gasteiger partial charge is 0.235 e. The first-order valence-corrected chi connectivity index (χ1v) is 9.78. The number of hydrogen-bond donors (Lipinski definition) is 0. The lowest BCUT2D eigenvalue weighted by Crippen LogP contribution is -2.51. The van der Waals surface area contributed by atoms with Gasteiger partial charge in [0.2, 0.25) is 11.7 Å². The minimum atomic E-state index is -0.514. The molecule has 0 spiro atoms. The maximum atomic E-state index is 13.3. The highest BCUT2D eigenvalue weighted by atomic mass is 16.5. The summed E-state index contributed by atoms with van der Waals surface area (Å²) in [6.45, 7) is 5.27. The topological polar surface area (TPSA) is 62.7 Å². The quantitative estimate of drug-likeness (QED) is 0.695. The Morgan fingerprint density at radius 1 is 1.04 bits per heavy atom. The average molecular weight is 377 g/mol. The van der Waals surface area contributed by atoms with Gasteiger partial charge in [0.15, 0.2) is 5.76 Å². The highest BCUT2D eigenvalue weighted by Crippen LogP contribution is 2.50. The van der Waals surface area contributed by atoms with Gasteiger partial charge in [0.05, 0.1) is 17.4 Å². The number of piperazine rings is 1. The van der Waals surface area contributed by atoms with Crippen molar-refractivity contribution in [3.8, 4) is 11.5 Å². The number of aromatic nitrogens is 1. The molecule has 0 atom stereocenters. The fourth-order valence-corrected chi connectivity index (χ4v) is 4.04. The second-order valence-corrected chi connectivity index (χ2v) is 7.75. The van der Waals surface area contributed by atoms with Crippen LogP contribution >= 0.6 is 0 Å². The number of furan rings is 1. The van der Waals surface area contributed by atoms with Gasteiger partial charge < -0.3 is 18.7 Å². The SMILES string of the molecule is Cc1cccc(N2CCN(C(=O)C3(c4cc(-c5ccco5)on4)CC3)CC2)c1. The number of anilines is 1. The molecule has 28 heavy (non-hydrogen) atoms. The molecule has 0 unspecified atom stereocenters. The fourth-order valence-electron chi connectivity index (χ4n) is 4.04. The van der Waals surface area contributed by atoms with Crippen molar-refractivity contribution < 1.29 is 13.7 Å². The van der Waals surface area contributed by atoms with Crippen LogP contribution in [0, 0.1) is 6.92 Å². The second kappa shape index (κ2) is 6.55. The summed E-state index contributed by atoms with van der Waals surface area (Å²) in [7, 11) is 0. The molecule has 1 saturated heterocycles. The Morgan fingerprint density at radius 3 is 2.54 bits per heavy atom. The van der Waals surface area contributed by atoms with Gasteiger partial charge in [-0.15, -0.1) is 0 Å². The third-order valence-corrected chi connectivity index (χ3v) is 5.86. The molecule has 0 bridgehead atoms. The van der Waals surface area contributed by atoms with Crippen LogP contribution < -0.4 is 4.90 Å². The predicted molar refractivity (Wildman–Crippen MR) is 105 cm³/mol. The third-order valence-electron chi connectivity index (χ3n) is 5.86. The molecule has 3 aromatic rings. The summed E-state index contributed by atoms with van der Waals surface area (Å²) in [5, 5.41) is 4.20. The molecule has 2 aliphatic rings. The third kappa shape index (κ3) is 2.89. The molecule has 144 valence electrons. The summed E-state index contributed by atoms with van der Waals surface area (Å²) >= 11 is 0. The van der Waals surface area contributed by atoms with E-state index in [1.807, 2.05) is 23.1 Å². The van der Waals surface area contributed by atoms with Crippen LogP contribution in [0.25, 0.3) is 11.5 Å². The van der Waals surface area contributed by atoms with E-state index >= 15 is 0 Å². The van der Waals surface area contributed by atoms with Crippen LogP contribution in [-0.4, -0.2) is 42.1 Å². The number of benzene rings is 1. The van der Waals surface area contributed by atoms with Gasteiger partial charge in [0.1, 0.15) is 0 Å². The molecular weight excluding hydrogens is 354 g/mol. The lowest BCUT2D eigenvalue weighted by atomic mass is 9.99. The van der Waals surface area contributed by atoms with Crippen LogP contribution in [0.2, 0.25) is 0 Å². The number of aryl methyl sites for hydroxylation is 1. The normalized spacial score (nSPS) is 18.3. The Morgan fingerprint density at radius 2 is 1.86 bits per heavy atom.